The molecule has 1 aliphatic rings. The number of anilines is 1. The average molecular weight is 546 g/mol. The van der Waals surface area contributed by atoms with E-state index in [0.717, 1.165) is 23.4 Å². The third kappa shape index (κ3) is 6.47. The van der Waals surface area contributed by atoms with Gasteiger partial charge in [0.15, 0.2) is 17.5 Å². The Labute approximate surface area is 194 Å². The van der Waals surface area contributed by atoms with Crippen LogP contribution in [0.25, 0.3) is 0 Å². The van der Waals surface area contributed by atoms with Crippen LogP contribution in [-0.4, -0.2) is 41.2 Å². The van der Waals surface area contributed by atoms with Crippen molar-refractivity contribution in [1.82, 2.24) is 10.0 Å². The van der Waals surface area contributed by atoms with Gasteiger partial charge in [0, 0.05) is 24.7 Å². The predicted molar refractivity (Wildman–Crippen MR) is 129 cm³/mol. The first-order chi connectivity index (χ1) is 14.0. The van der Waals surface area contributed by atoms with E-state index >= 15 is 0 Å². The van der Waals surface area contributed by atoms with Crippen LogP contribution in [0.5, 0.6) is 11.5 Å². The molecule has 0 aromatic heterocycles. The van der Waals surface area contributed by atoms with Crippen LogP contribution in [0.3, 0.4) is 0 Å². The Balaban J connectivity index is 0.00000320. The van der Waals surface area contributed by atoms with Crippen LogP contribution in [0, 0.1) is 0 Å². The molecule has 1 heterocycles. The fourth-order valence-electron chi connectivity index (χ4n) is 2.75. The molecule has 1 aliphatic heterocycles. The molecule has 10 heteroatoms. The number of hydrogen-bond donors (Lipinski definition) is 3. The number of nitrogens with one attached hydrogen (secondary N) is 3. The third-order valence-corrected chi connectivity index (χ3v) is 5.71. The molecule has 164 valence electrons. The lowest BCUT2D eigenvalue weighted by Crippen LogP contribution is -2.30. The molecule has 0 spiro atoms. The predicted octanol–water partition coefficient (Wildman–Crippen LogP) is 2.95. The summed E-state index contributed by atoms with van der Waals surface area (Å²) in [5.41, 5.74) is 1.74. The highest BCUT2D eigenvalue weighted by Crippen LogP contribution is 2.32. The topological polar surface area (TPSA) is 101 Å². The van der Waals surface area contributed by atoms with Crippen LogP contribution in [-0.2, 0) is 16.6 Å². The standard InChI is InChI=1S/C20H26N4O4S.HI/c1-3-22-20(23-14-15-5-8-17(9-6-15)29(25,26)21-2)24-16-7-10-18-19(13-16)28-12-4-11-27-18;/h5-10,13,21H,3-4,11-12,14H2,1-2H3,(H2,22,23,24);1H. The fraction of sp³-hybridized carbons (Fsp3) is 0.350. The number of hydrogen-bond acceptors (Lipinski definition) is 5. The van der Waals surface area contributed by atoms with Gasteiger partial charge >= 0.3 is 0 Å². The second-order valence-electron chi connectivity index (χ2n) is 6.38. The summed E-state index contributed by atoms with van der Waals surface area (Å²) in [6.45, 7) is 4.38. The van der Waals surface area contributed by atoms with Crippen LogP contribution in [0.1, 0.15) is 18.9 Å². The number of guanidine groups is 1. The Morgan fingerprint density at radius 3 is 2.43 bits per heavy atom. The van der Waals surface area contributed by atoms with E-state index in [1.165, 1.54) is 7.05 Å². The lowest BCUT2D eigenvalue weighted by molar-refractivity contribution is 0.297. The highest BCUT2D eigenvalue weighted by Gasteiger charge is 2.12. The molecular formula is C20H27IN4O4S. The smallest absolute Gasteiger partial charge is 0.240 e. The summed E-state index contributed by atoms with van der Waals surface area (Å²) >= 11 is 0. The van der Waals surface area contributed by atoms with Crippen molar-refractivity contribution in [2.45, 2.75) is 24.8 Å². The lowest BCUT2D eigenvalue weighted by atomic mass is 10.2. The molecule has 8 nitrogen and oxygen atoms in total. The van der Waals surface area contributed by atoms with Gasteiger partial charge in [-0.1, -0.05) is 12.1 Å². The van der Waals surface area contributed by atoms with Crippen molar-refractivity contribution < 1.29 is 17.9 Å². The van der Waals surface area contributed by atoms with E-state index in [1.54, 1.807) is 24.3 Å². The van der Waals surface area contributed by atoms with Crippen LogP contribution in [0.2, 0.25) is 0 Å². The van der Waals surface area contributed by atoms with Crippen molar-refractivity contribution in [3.63, 3.8) is 0 Å². The second-order valence-corrected chi connectivity index (χ2v) is 8.27. The number of aliphatic imine (C=N–C) groups is 1. The van der Waals surface area contributed by atoms with Gasteiger partial charge in [0.25, 0.3) is 0 Å². The zero-order valence-corrected chi connectivity index (χ0v) is 20.1. The molecule has 2 aromatic rings. The minimum atomic E-state index is -3.44. The number of ether oxygens (including phenoxy) is 2. The highest BCUT2D eigenvalue weighted by atomic mass is 127. The first-order valence-electron chi connectivity index (χ1n) is 9.49. The molecule has 0 aliphatic carbocycles. The van der Waals surface area contributed by atoms with Crippen molar-refractivity contribution in [3.8, 4) is 11.5 Å². The van der Waals surface area contributed by atoms with E-state index in [2.05, 4.69) is 20.3 Å². The summed E-state index contributed by atoms with van der Waals surface area (Å²) in [4.78, 5) is 4.81. The van der Waals surface area contributed by atoms with Crippen LogP contribution < -0.4 is 24.8 Å². The lowest BCUT2D eigenvalue weighted by Gasteiger charge is -2.14. The number of nitrogens with zero attached hydrogens (tertiary/aromatic N) is 1. The summed E-state index contributed by atoms with van der Waals surface area (Å²) in [7, 11) is -2.05. The molecule has 0 radical (unpaired) electrons. The number of fused-ring (bicyclic) bond motifs is 1. The van der Waals surface area contributed by atoms with Crippen molar-refractivity contribution in [1.29, 1.82) is 0 Å². The Kier molecular flexibility index (Phi) is 9.18. The number of benzene rings is 2. The van der Waals surface area contributed by atoms with Gasteiger partial charge in [-0.3, -0.25) is 0 Å². The van der Waals surface area contributed by atoms with Gasteiger partial charge in [-0.2, -0.15) is 0 Å². The maximum absolute atomic E-state index is 11.8. The first kappa shape index (κ1) is 24.2. The molecule has 0 bridgehead atoms. The highest BCUT2D eigenvalue weighted by molar-refractivity contribution is 14.0. The van der Waals surface area contributed by atoms with Crippen LogP contribution in [0.15, 0.2) is 52.4 Å². The quantitative estimate of drug-likeness (QED) is 0.293. The largest absolute Gasteiger partial charge is 0.490 e. The Bertz CT molecular complexity index is 965. The number of rotatable bonds is 6. The molecule has 0 saturated carbocycles. The monoisotopic (exact) mass is 546 g/mol. The number of halogens is 1. The fourth-order valence-corrected chi connectivity index (χ4v) is 3.48. The Morgan fingerprint density at radius 2 is 1.77 bits per heavy atom. The number of sulfonamides is 1. The van der Waals surface area contributed by atoms with E-state index in [0.29, 0.717) is 38.0 Å². The summed E-state index contributed by atoms with van der Waals surface area (Å²) in [6.07, 6.45) is 0.857. The summed E-state index contributed by atoms with van der Waals surface area (Å²) in [6, 6.07) is 12.3. The van der Waals surface area contributed by atoms with Gasteiger partial charge in [-0.25, -0.2) is 18.1 Å². The van der Waals surface area contributed by atoms with E-state index < -0.39 is 10.0 Å². The van der Waals surface area contributed by atoms with Gasteiger partial charge in [0.2, 0.25) is 10.0 Å². The van der Waals surface area contributed by atoms with Crippen molar-refractivity contribution >= 4 is 45.6 Å². The molecule has 2 aromatic carbocycles. The average Bonchev–Trinajstić information content (AvgIpc) is 2.97. The summed E-state index contributed by atoms with van der Waals surface area (Å²) in [5, 5.41) is 6.46. The first-order valence-corrected chi connectivity index (χ1v) is 11.0. The zero-order valence-electron chi connectivity index (χ0n) is 17.0. The van der Waals surface area contributed by atoms with Gasteiger partial charge in [-0.15, -0.1) is 24.0 Å². The minimum absolute atomic E-state index is 0. The third-order valence-electron chi connectivity index (χ3n) is 4.28. The maximum atomic E-state index is 11.8. The van der Waals surface area contributed by atoms with Gasteiger partial charge in [0.1, 0.15) is 0 Å². The Morgan fingerprint density at radius 1 is 1.07 bits per heavy atom. The molecule has 0 fully saturated rings. The zero-order chi connectivity index (χ0) is 20.7. The van der Waals surface area contributed by atoms with E-state index in [4.69, 9.17) is 9.47 Å². The molecule has 0 atom stereocenters. The second kappa shape index (κ2) is 11.4. The van der Waals surface area contributed by atoms with Crippen molar-refractivity contribution in [2.24, 2.45) is 4.99 Å². The maximum Gasteiger partial charge on any atom is 0.240 e. The molecule has 3 N–H and O–H groups in total. The minimum Gasteiger partial charge on any atom is -0.490 e. The SMILES string of the molecule is CCNC(=NCc1ccc(S(=O)(=O)NC)cc1)Nc1ccc2c(c1)OCCCO2.I. The van der Waals surface area contributed by atoms with Gasteiger partial charge in [-0.05, 0) is 43.8 Å². The van der Waals surface area contributed by atoms with E-state index in [9.17, 15) is 8.42 Å². The van der Waals surface area contributed by atoms with E-state index in [1.807, 2.05) is 25.1 Å². The molecule has 0 amide bonds. The molecule has 0 unspecified atom stereocenters. The van der Waals surface area contributed by atoms with Crippen LogP contribution in [0.4, 0.5) is 5.69 Å². The van der Waals surface area contributed by atoms with Gasteiger partial charge < -0.3 is 20.1 Å². The molecule has 30 heavy (non-hydrogen) atoms. The van der Waals surface area contributed by atoms with Crippen molar-refractivity contribution in [3.05, 3.63) is 48.0 Å². The molecular weight excluding hydrogens is 519 g/mol. The van der Waals surface area contributed by atoms with E-state index in [-0.39, 0.29) is 28.9 Å². The normalized spacial score (nSPS) is 13.7. The van der Waals surface area contributed by atoms with Gasteiger partial charge in [0.05, 0.1) is 24.7 Å². The Hall–Kier alpha value is -2.05. The molecule has 3 rings (SSSR count). The van der Waals surface area contributed by atoms with Crippen LogP contribution >= 0.6 is 24.0 Å². The summed E-state index contributed by atoms with van der Waals surface area (Å²) < 4.78 is 37.3. The van der Waals surface area contributed by atoms with Crippen molar-refractivity contribution in [2.75, 3.05) is 32.1 Å². The summed E-state index contributed by atoms with van der Waals surface area (Å²) in [5.74, 6) is 2.07. The molecule has 0 saturated heterocycles.